The summed E-state index contributed by atoms with van der Waals surface area (Å²) in [6, 6.07) is 21.6. The third-order valence-electron chi connectivity index (χ3n) is 5.86. The maximum atomic E-state index is 5.89. The van der Waals surface area contributed by atoms with E-state index in [2.05, 4.69) is 81.1 Å². The molecule has 0 heterocycles. The summed E-state index contributed by atoms with van der Waals surface area (Å²) < 4.78 is 11.5. The Kier molecular flexibility index (Phi) is 10.3. The number of fused-ring (bicyclic) bond motifs is 1. The van der Waals surface area contributed by atoms with Crippen LogP contribution in [0.25, 0.3) is 28.0 Å². The molecule has 2 heteroatoms. The van der Waals surface area contributed by atoms with Gasteiger partial charge in [-0.05, 0) is 84.3 Å². The Morgan fingerprint density at radius 3 is 2.42 bits per heavy atom. The summed E-state index contributed by atoms with van der Waals surface area (Å²) in [4.78, 5) is 0. The molecule has 0 fully saturated rings. The highest BCUT2D eigenvalue weighted by Crippen LogP contribution is 2.27. The molecule has 0 spiro atoms. The average molecular weight is 443 g/mol. The third kappa shape index (κ3) is 8.22. The Bertz CT molecular complexity index is 1020. The number of ether oxygens (including phenoxy) is 2. The van der Waals surface area contributed by atoms with Gasteiger partial charge < -0.3 is 9.47 Å². The molecule has 0 aliphatic heterocycles. The topological polar surface area (TPSA) is 18.5 Å². The fourth-order valence-electron chi connectivity index (χ4n) is 3.91. The zero-order valence-electron chi connectivity index (χ0n) is 20.3. The minimum absolute atomic E-state index is 0.362. The van der Waals surface area contributed by atoms with Crippen LogP contribution in [0.5, 0.6) is 5.75 Å². The van der Waals surface area contributed by atoms with Crippen molar-refractivity contribution in [3.8, 4) is 16.9 Å². The van der Waals surface area contributed by atoms with E-state index in [1.165, 1.54) is 53.1 Å². The number of allylic oxidation sites excluding steroid dienone is 1. The number of rotatable bonds is 14. The first kappa shape index (κ1) is 24.8. The molecular formula is C31H38O2. The lowest BCUT2D eigenvalue weighted by Crippen LogP contribution is -2.08. The lowest BCUT2D eigenvalue weighted by Gasteiger charge is -2.12. The highest BCUT2D eigenvalue weighted by atomic mass is 16.5. The Hall–Kier alpha value is -2.84. The predicted molar refractivity (Wildman–Crippen MR) is 143 cm³/mol. The highest BCUT2D eigenvalue weighted by Gasteiger charge is 2.03. The summed E-state index contributed by atoms with van der Waals surface area (Å²) in [6.07, 6.45) is 13.7. The van der Waals surface area contributed by atoms with E-state index in [-0.39, 0.29) is 0 Å². The van der Waals surface area contributed by atoms with Gasteiger partial charge in [-0.25, -0.2) is 0 Å². The molecule has 3 aromatic carbocycles. The maximum absolute atomic E-state index is 5.89. The summed E-state index contributed by atoms with van der Waals surface area (Å²) in [5, 5.41) is 2.52. The SMILES string of the molecule is C=CCOc1ccc(-c2ccc3cc(C=CCCCC(C)OCCCCC)ccc3c2)cc1. The van der Waals surface area contributed by atoms with E-state index < -0.39 is 0 Å². The Balaban J connectivity index is 1.51. The first-order valence-corrected chi connectivity index (χ1v) is 12.4. The lowest BCUT2D eigenvalue weighted by atomic mass is 9.99. The molecule has 1 unspecified atom stereocenters. The Labute approximate surface area is 199 Å². The highest BCUT2D eigenvalue weighted by molar-refractivity contribution is 5.89. The van der Waals surface area contributed by atoms with E-state index >= 15 is 0 Å². The minimum atomic E-state index is 0.362. The molecule has 3 rings (SSSR count). The van der Waals surface area contributed by atoms with E-state index in [0.717, 1.165) is 25.2 Å². The summed E-state index contributed by atoms with van der Waals surface area (Å²) in [5.74, 6) is 0.866. The Morgan fingerprint density at radius 1 is 0.879 bits per heavy atom. The number of hydrogen-bond donors (Lipinski definition) is 0. The molecule has 0 N–H and O–H groups in total. The van der Waals surface area contributed by atoms with Crippen LogP contribution < -0.4 is 4.74 Å². The van der Waals surface area contributed by atoms with Crippen LogP contribution in [0.15, 0.2) is 79.4 Å². The van der Waals surface area contributed by atoms with Crippen LogP contribution >= 0.6 is 0 Å². The van der Waals surface area contributed by atoms with Crippen LogP contribution in [-0.4, -0.2) is 19.3 Å². The van der Waals surface area contributed by atoms with Crippen molar-refractivity contribution in [3.63, 3.8) is 0 Å². The van der Waals surface area contributed by atoms with Crippen molar-refractivity contribution in [2.24, 2.45) is 0 Å². The van der Waals surface area contributed by atoms with Crippen molar-refractivity contribution in [3.05, 3.63) is 85.0 Å². The molecule has 174 valence electrons. The Morgan fingerprint density at radius 2 is 1.64 bits per heavy atom. The lowest BCUT2D eigenvalue weighted by molar-refractivity contribution is 0.0566. The normalized spacial score (nSPS) is 12.3. The van der Waals surface area contributed by atoms with Gasteiger partial charge in [0.25, 0.3) is 0 Å². The molecule has 0 aliphatic carbocycles. The van der Waals surface area contributed by atoms with Gasteiger partial charge in [-0.15, -0.1) is 0 Å². The molecule has 1 atom stereocenters. The maximum Gasteiger partial charge on any atom is 0.119 e. The van der Waals surface area contributed by atoms with Crippen molar-refractivity contribution in [2.75, 3.05) is 13.2 Å². The molecule has 2 nitrogen and oxygen atoms in total. The van der Waals surface area contributed by atoms with Crippen LogP contribution in [0, 0.1) is 0 Å². The summed E-state index contributed by atoms with van der Waals surface area (Å²) in [6.45, 7) is 9.53. The van der Waals surface area contributed by atoms with Gasteiger partial charge in [-0.2, -0.15) is 0 Å². The molecule has 0 bridgehead atoms. The predicted octanol–water partition coefficient (Wildman–Crippen LogP) is 8.85. The molecule has 3 aromatic rings. The van der Waals surface area contributed by atoms with Gasteiger partial charge in [0.05, 0.1) is 6.10 Å². The first-order valence-electron chi connectivity index (χ1n) is 12.4. The summed E-state index contributed by atoms with van der Waals surface area (Å²) >= 11 is 0. The first-order chi connectivity index (χ1) is 16.2. The van der Waals surface area contributed by atoms with Crippen LogP contribution in [0.2, 0.25) is 0 Å². The molecule has 0 saturated heterocycles. The standard InChI is InChI=1S/C31H38O2/c1-4-6-10-22-32-25(3)11-8-7-9-12-26-13-14-30-24-29(16-15-28(30)23-26)27-17-19-31(20-18-27)33-21-5-2/h5,9,12-20,23-25H,2,4,6-8,10-11,21-22H2,1,3H3. The third-order valence-corrected chi connectivity index (χ3v) is 5.86. The van der Waals surface area contributed by atoms with E-state index in [9.17, 15) is 0 Å². The second-order valence-corrected chi connectivity index (χ2v) is 8.67. The molecule has 0 radical (unpaired) electrons. The van der Waals surface area contributed by atoms with Crippen molar-refractivity contribution in [1.29, 1.82) is 0 Å². The second kappa shape index (κ2) is 13.6. The quantitative estimate of drug-likeness (QED) is 0.183. The van der Waals surface area contributed by atoms with Crippen LogP contribution in [0.3, 0.4) is 0 Å². The molecule has 0 amide bonds. The summed E-state index contributed by atoms with van der Waals surface area (Å²) in [5.41, 5.74) is 3.66. The van der Waals surface area contributed by atoms with Gasteiger partial charge in [0.1, 0.15) is 12.4 Å². The van der Waals surface area contributed by atoms with E-state index in [1.54, 1.807) is 6.08 Å². The van der Waals surface area contributed by atoms with Crippen LogP contribution in [0.1, 0.15) is 57.9 Å². The average Bonchev–Trinajstić information content (AvgIpc) is 2.85. The van der Waals surface area contributed by atoms with Gasteiger partial charge in [0, 0.05) is 6.61 Å². The smallest absolute Gasteiger partial charge is 0.119 e. The monoisotopic (exact) mass is 442 g/mol. The molecule has 33 heavy (non-hydrogen) atoms. The fraction of sp³-hybridized carbons (Fsp3) is 0.355. The number of hydrogen-bond acceptors (Lipinski definition) is 2. The zero-order chi connectivity index (χ0) is 23.3. The van der Waals surface area contributed by atoms with Crippen molar-refractivity contribution in [2.45, 2.75) is 58.5 Å². The van der Waals surface area contributed by atoms with Crippen molar-refractivity contribution >= 4 is 16.8 Å². The summed E-state index contributed by atoms with van der Waals surface area (Å²) in [7, 11) is 0. The van der Waals surface area contributed by atoms with Gasteiger partial charge in [0.2, 0.25) is 0 Å². The largest absolute Gasteiger partial charge is 0.490 e. The van der Waals surface area contributed by atoms with Crippen LogP contribution in [-0.2, 0) is 4.74 Å². The molecular weight excluding hydrogens is 404 g/mol. The minimum Gasteiger partial charge on any atom is -0.490 e. The fourth-order valence-corrected chi connectivity index (χ4v) is 3.91. The van der Waals surface area contributed by atoms with Gasteiger partial charge in [-0.3, -0.25) is 0 Å². The van der Waals surface area contributed by atoms with E-state index in [0.29, 0.717) is 12.7 Å². The number of unbranched alkanes of at least 4 members (excludes halogenated alkanes) is 3. The number of benzene rings is 3. The van der Waals surface area contributed by atoms with E-state index in [4.69, 9.17) is 9.47 Å². The zero-order valence-corrected chi connectivity index (χ0v) is 20.3. The van der Waals surface area contributed by atoms with Crippen molar-refractivity contribution < 1.29 is 9.47 Å². The van der Waals surface area contributed by atoms with Gasteiger partial charge in [-0.1, -0.05) is 81.0 Å². The van der Waals surface area contributed by atoms with Crippen molar-refractivity contribution in [1.82, 2.24) is 0 Å². The van der Waals surface area contributed by atoms with Crippen LogP contribution in [0.4, 0.5) is 0 Å². The second-order valence-electron chi connectivity index (χ2n) is 8.67. The molecule has 0 aliphatic rings. The molecule has 0 saturated carbocycles. The van der Waals surface area contributed by atoms with Gasteiger partial charge >= 0.3 is 0 Å². The van der Waals surface area contributed by atoms with E-state index in [1.807, 2.05) is 12.1 Å². The van der Waals surface area contributed by atoms with Gasteiger partial charge in [0.15, 0.2) is 0 Å². The molecule has 0 aromatic heterocycles.